The zero-order valence-corrected chi connectivity index (χ0v) is 21.8. The average molecular weight is 485 g/mol. The number of amides is 2. The molecule has 0 aliphatic heterocycles. The van der Waals surface area contributed by atoms with Gasteiger partial charge in [-0.25, -0.2) is 4.79 Å². The van der Waals surface area contributed by atoms with Gasteiger partial charge in [-0.05, 0) is 61.7 Å². The summed E-state index contributed by atoms with van der Waals surface area (Å²) < 4.78 is 5.05. The number of urea groups is 1. The number of rotatable bonds is 15. The van der Waals surface area contributed by atoms with Gasteiger partial charge < -0.3 is 10.1 Å². The Hall–Kier alpha value is -2.47. The van der Waals surface area contributed by atoms with Crippen LogP contribution in [-0.2, 0) is 16.0 Å². The Morgan fingerprint density at radius 3 is 2.32 bits per heavy atom. The quantitative estimate of drug-likeness (QED) is 0.214. The zero-order valence-electron chi connectivity index (χ0n) is 21.0. The van der Waals surface area contributed by atoms with Gasteiger partial charge in [-0.2, -0.15) is 0 Å². The molecule has 5 nitrogen and oxygen atoms in total. The number of benzene rings is 2. The molecule has 2 rings (SSSR count). The van der Waals surface area contributed by atoms with Crippen LogP contribution < -0.4 is 10.2 Å². The van der Waals surface area contributed by atoms with Crippen LogP contribution in [0, 0.1) is 0 Å². The molecule has 2 aromatic rings. The van der Waals surface area contributed by atoms with E-state index in [-0.39, 0.29) is 18.4 Å². The van der Waals surface area contributed by atoms with E-state index in [1.165, 1.54) is 19.3 Å². The van der Waals surface area contributed by atoms with Crippen LogP contribution in [0.4, 0.5) is 10.5 Å². The summed E-state index contributed by atoms with van der Waals surface area (Å²) in [7, 11) is 0. The molecule has 0 fully saturated rings. The molecule has 0 radical (unpaired) electrons. The summed E-state index contributed by atoms with van der Waals surface area (Å²) in [5.74, 6) is -0.207. The summed E-state index contributed by atoms with van der Waals surface area (Å²) in [5, 5.41) is 3.06. The molecule has 0 bridgehead atoms. The second-order valence-electron chi connectivity index (χ2n) is 8.38. The summed E-state index contributed by atoms with van der Waals surface area (Å²) in [6.07, 6.45) is 8.15. The van der Waals surface area contributed by atoms with Gasteiger partial charge in [-0.3, -0.25) is 9.69 Å². The molecular weight excluding hydrogens is 444 g/mol. The van der Waals surface area contributed by atoms with Gasteiger partial charge in [0.25, 0.3) is 0 Å². The maximum absolute atomic E-state index is 12.9. The maximum atomic E-state index is 12.9. The van der Waals surface area contributed by atoms with Crippen molar-refractivity contribution in [1.82, 2.24) is 5.32 Å². The molecule has 2 aromatic carbocycles. The standard InChI is InChI=1S/C28H40N2O3S/c1-4-7-9-10-11-20-30(28(32)29-19-8-5-2)24-15-17-25(18-16-24)34-26-14-12-13-23(21-26)22-27(31)33-6-3/h12-18,21H,4-11,19-20,22H2,1-3H3,(H,29,32). The largest absolute Gasteiger partial charge is 0.466 e. The van der Waals surface area contributed by atoms with E-state index in [4.69, 9.17) is 4.74 Å². The fourth-order valence-corrected chi connectivity index (χ4v) is 4.52. The molecule has 0 saturated heterocycles. The van der Waals surface area contributed by atoms with Gasteiger partial charge in [0.05, 0.1) is 13.0 Å². The lowest BCUT2D eigenvalue weighted by Crippen LogP contribution is -2.41. The minimum atomic E-state index is -0.207. The molecule has 0 spiro atoms. The van der Waals surface area contributed by atoms with Crippen LogP contribution in [0.15, 0.2) is 58.3 Å². The second-order valence-corrected chi connectivity index (χ2v) is 9.52. The molecule has 34 heavy (non-hydrogen) atoms. The highest BCUT2D eigenvalue weighted by Gasteiger charge is 2.15. The lowest BCUT2D eigenvalue weighted by atomic mass is 10.1. The van der Waals surface area contributed by atoms with E-state index >= 15 is 0 Å². The predicted molar refractivity (Wildman–Crippen MR) is 142 cm³/mol. The highest BCUT2D eigenvalue weighted by Crippen LogP contribution is 2.30. The van der Waals surface area contributed by atoms with Crippen LogP contribution >= 0.6 is 11.8 Å². The minimum Gasteiger partial charge on any atom is -0.466 e. The smallest absolute Gasteiger partial charge is 0.321 e. The second kappa shape index (κ2) is 16.2. The van der Waals surface area contributed by atoms with Crippen molar-refractivity contribution in [2.45, 2.75) is 81.9 Å². The third-order valence-electron chi connectivity index (χ3n) is 5.47. The van der Waals surface area contributed by atoms with Crippen molar-refractivity contribution in [3.8, 4) is 0 Å². The molecular formula is C28H40N2O3S. The number of anilines is 1. The zero-order chi connectivity index (χ0) is 24.6. The first-order valence-electron chi connectivity index (χ1n) is 12.6. The number of esters is 1. The van der Waals surface area contributed by atoms with Crippen LogP contribution in [0.5, 0.6) is 0 Å². The number of nitrogens with zero attached hydrogens (tertiary/aromatic N) is 1. The molecule has 2 amide bonds. The fourth-order valence-electron chi connectivity index (χ4n) is 3.62. The van der Waals surface area contributed by atoms with Crippen molar-refractivity contribution in [1.29, 1.82) is 0 Å². The van der Waals surface area contributed by atoms with E-state index in [0.717, 1.165) is 53.3 Å². The van der Waals surface area contributed by atoms with Crippen LogP contribution in [0.1, 0.15) is 71.3 Å². The summed E-state index contributed by atoms with van der Waals surface area (Å²) in [6, 6.07) is 16.1. The van der Waals surface area contributed by atoms with Crippen molar-refractivity contribution in [2.75, 3.05) is 24.6 Å². The Kier molecular flexibility index (Phi) is 13.2. The summed E-state index contributed by atoms with van der Waals surface area (Å²) >= 11 is 1.64. The van der Waals surface area contributed by atoms with Gasteiger partial charge in [0.1, 0.15) is 0 Å². The average Bonchev–Trinajstić information content (AvgIpc) is 2.82. The fraction of sp³-hybridized carbons (Fsp3) is 0.500. The first-order valence-corrected chi connectivity index (χ1v) is 13.5. The van der Waals surface area contributed by atoms with Crippen molar-refractivity contribution < 1.29 is 14.3 Å². The van der Waals surface area contributed by atoms with E-state index in [0.29, 0.717) is 13.2 Å². The van der Waals surface area contributed by atoms with E-state index in [2.05, 4.69) is 31.3 Å². The van der Waals surface area contributed by atoms with Gasteiger partial charge in [0, 0.05) is 28.6 Å². The number of carbonyl (C=O) groups is 2. The highest BCUT2D eigenvalue weighted by molar-refractivity contribution is 7.99. The third-order valence-corrected chi connectivity index (χ3v) is 6.47. The molecule has 6 heteroatoms. The van der Waals surface area contributed by atoms with Crippen molar-refractivity contribution >= 4 is 29.4 Å². The Morgan fingerprint density at radius 1 is 0.882 bits per heavy atom. The van der Waals surface area contributed by atoms with Gasteiger partial charge >= 0.3 is 12.0 Å². The molecule has 0 atom stereocenters. The monoisotopic (exact) mass is 484 g/mol. The molecule has 0 aromatic heterocycles. The van der Waals surface area contributed by atoms with Gasteiger partial charge in [-0.1, -0.05) is 69.8 Å². The predicted octanol–water partition coefficient (Wildman–Crippen LogP) is 7.23. The molecule has 0 aliphatic rings. The Labute approximate surface area is 209 Å². The summed E-state index contributed by atoms with van der Waals surface area (Å²) in [4.78, 5) is 28.7. The number of ether oxygens (including phenoxy) is 1. The van der Waals surface area contributed by atoms with Crippen molar-refractivity contribution in [2.24, 2.45) is 0 Å². The molecule has 0 saturated carbocycles. The normalized spacial score (nSPS) is 10.7. The summed E-state index contributed by atoms with van der Waals surface area (Å²) in [6.45, 7) is 7.98. The third kappa shape index (κ3) is 10.2. The van der Waals surface area contributed by atoms with E-state index in [1.807, 2.05) is 48.2 Å². The first-order chi connectivity index (χ1) is 16.6. The number of hydrogen-bond donors (Lipinski definition) is 1. The Bertz CT molecular complexity index is 870. The van der Waals surface area contributed by atoms with Crippen LogP contribution in [0.2, 0.25) is 0 Å². The first kappa shape index (κ1) is 27.8. The molecule has 186 valence electrons. The maximum Gasteiger partial charge on any atom is 0.321 e. The van der Waals surface area contributed by atoms with Crippen LogP contribution in [0.25, 0.3) is 0 Å². The van der Waals surface area contributed by atoms with E-state index in [9.17, 15) is 9.59 Å². The Balaban J connectivity index is 2.03. The Morgan fingerprint density at radius 2 is 1.62 bits per heavy atom. The SMILES string of the molecule is CCCCCCCN(C(=O)NCCCC)c1ccc(Sc2cccc(CC(=O)OCC)c2)cc1. The van der Waals surface area contributed by atoms with E-state index in [1.54, 1.807) is 11.8 Å². The molecule has 0 unspecified atom stereocenters. The number of carbonyl (C=O) groups excluding carboxylic acids is 2. The molecule has 0 aliphatic carbocycles. The molecule has 1 N–H and O–H groups in total. The molecule has 0 heterocycles. The number of hydrogen-bond acceptors (Lipinski definition) is 4. The lowest BCUT2D eigenvalue weighted by molar-refractivity contribution is -0.142. The minimum absolute atomic E-state index is 0.0176. The van der Waals surface area contributed by atoms with Crippen LogP contribution in [-0.4, -0.2) is 31.7 Å². The number of nitrogens with one attached hydrogen (secondary N) is 1. The van der Waals surface area contributed by atoms with Crippen molar-refractivity contribution in [3.63, 3.8) is 0 Å². The topological polar surface area (TPSA) is 58.6 Å². The number of unbranched alkanes of at least 4 members (excludes halogenated alkanes) is 5. The highest BCUT2D eigenvalue weighted by atomic mass is 32.2. The van der Waals surface area contributed by atoms with Gasteiger partial charge in [-0.15, -0.1) is 0 Å². The van der Waals surface area contributed by atoms with E-state index < -0.39 is 0 Å². The van der Waals surface area contributed by atoms with Crippen molar-refractivity contribution in [3.05, 3.63) is 54.1 Å². The van der Waals surface area contributed by atoms with Crippen LogP contribution in [0.3, 0.4) is 0 Å². The van der Waals surface area contributed by atoms with Gasteiger partial charge in [0.2, 0.25) is 0 Å². The summed E-state index contributed by atoms with van der Waals surface area (Å²) in [5.41, 5.74) is 1.86. The van der Waals surface area contributed by atoms with Gasteiger partial charge in [0.15, 0.2) is 0 Å². The lowest BCUT2D eigenvalue weighted by Gasteiger charge is -2.23.